The van der Waals surface area contributed by atoms with Gasteiger partial charge in [-0.2, -0.15) is 0 Å². The number of rotatable bonds is 11. The van der Waals surface area contributed by atoms with Crippen LogP contribution in [0.4, 0.5) is 0 Å². The first-order valence-electron chi connectivity index (χ1n) is 10.5. The van der Waals surface area contributed by atoms with E-state index in [-0.39, 0.29) is 11.8 Å². The lowest BCUT2D eigenvalue weighted by molar-refractivity contribution is -0.141. The van der Waals surface area contributed by atoms with E-state index in [1.165, 1.54) is 0 Å². The fraction of sp³-hybridized carbons (Fsp3) is 0.417. The van der Waals surface area contributed by atoms with Gasteiger partial charge in [0.2, 0.25) is 11.8 Å². The minimum absolute atomic E-state index is 0.0462. The van der Waals surface area contributed by atoms with E-state index >= 15 is 0 Å². The van der Waals surface area contributed by atoms with Gasteiger partial charge in [-0.25, -0.2) is 0 Å². The number of nitrogens with one attached hydrogen (secondary N) is 1. The molecule has 2 amide bonds. The van der Waals surface area contributed by atoms with Gasteiger partial charge in [0.05, 0.1) is 10.0 Å². The molecule has 0 saturated carbocycles. The highest BCUT2D eigenvalue weighted by molar-refractivity contribution is 6.42. The van der Waals surface area contributed by atoms with Gasteiger partial charge in [0.25, 0.3) is 0 Å². The predicted octanol–water partition coefficient (Wildman–Crippen LogP) is 5.65. The Bertz CT molecular complexity index is 827. The normalized spacial score (nSPS) is 11.7. The molecule has 0 aliphatic carbocycles. The van der Waals surface area contributed by atoms with Gasteiger partial charge in [-0.1, -0.05) is 79.9 Å². The van der Waals surface area contributed by atoms with E-state index < -0.39 is 6.04 Å². The molecule has 2 aromatic rings. The van der Waals surface area contributed by atoms with Crippen LogP contribution >= 0.6 is 23.2 Å². The molecule has 162 valence electrons. The first-order valence-corrected chi connectivity index (χ1v) is 11.3. The van der Waals surface area contributed by atoms with E-state index in [2.05, 4.69) is 12.2 Å². The molecule has 0 bridgehead atoms. The van der Waals surface area contributed by atoms with E-state index in [9.17, 15) is 9.59 Å². The van der Waals surface area contributed by atoms with Gasteiger partial charge in [0.1, 0.15) is 6.04 Å². The minimum atomic E-state index is -0.599. The Labute approximate surface area is 189 Å². The Kier molecular flexibility index (Phi) is 10.2. The molecule has 0 aliphatic rings. The monoisotopic (exact) mass is 448 g/mol. The largest absolute Gasteiger partial charge is 0.354 e. The summed E-state index contributed by atoms with van der Waals surface area (Å²) in [6, 6.07) is 14.5. The van der Waals surface area contributed by atoms with Gasteiger partial charge >= 0.3 is 0 Å². The van der Waals surface area contributed by atoms with Crippen LogP contribution in [0.25, 0.3) is 0 Å². The molecule has 0 radical (unpaired) electrons. The molecule has 2 rings (SSSR count). The van der Waals surface area contributed by atoms with E-state index in [4.69, 9.17) is 23.2 Å². The fourth-order valence-electron chi connectivity index (χ4n) is 3.25. The van der Waals surface area contributed by atoms with Gasteiger partial charge in [-0.05, 0) is 36.1 Å². The Balaban J connectivity index is 2.34. The molecule has 1 N–H and O–H groups in total. The zero-order valence-electron chi connectivity index (χ0n) is 17.7. The second kappa shape index (κ2) is 12.6. The summed E-state index contributed by atoms with van der Waals surface area (Å²) in [5.41, 5.74) is 1.85. The molecule has 6 heteroatoms. The molecule has 0 fully saturated rings. The zero-order valence-corrected chi connectivity index (χ0v) is 19.2. The van der Waals surface area contributed by atoms with Crippen molar-refractivity contribution in [1.29, 1.82) is 0 Å². The summed E-state index contributed by atoms with van der Waals surface area (Å²) in [5, 5.41) is 3.90. The average molecular weight is 449 g/mol. The van der Waals surface area contributed by atoms with Crippen molar-refractivity contribution in [2.45, 2.75) is 58.5 Å². The maximum Gasteiger partial charge on any atom is 0.243 e. The van der Waals surface area contributed by atoms with Crippen LogP contribution < -0.4 is 5.32 Å². The Hall–Kier alpha value is -2.04. The van der Waals surface area contributed by atoms with Crippen LogP contribution in [0.1, 0.15) is 50.7 Å². The van der Waals surface area contributed by atoms with E-state index in [0.29, 0.717) is 42.4 Å². The van der Waals surface area contributed by atoms with Crippen molar-refractivity contribution >= 4 is 35.0 Å². The van der Waals surface area contributed by atoms with Gasteiger partial charge in [0, 0.05) is 25.9 Å². The third kappa shape index (κ3) is 7.33. The SMILES string of the molecule is CCCCNC(=O)C(Cc1ccccc1)N(Cc1ccc(Cl)c(Cl)c1)C(=O)CCC. The van der Waals surface area contributed by atoms with Crippen molar-refractivity contribution in [3.05, 3.63) is 69.7 Å². The van der Waals surface area contributed by atoms with Crippen LogP contribution in [-0.2, 0) is 22.6 Å². The number of carbonyl (C=O) groups is 2. The Morgan fingerprint density at radius 1 is 0.967 bits per heavy atom. The molecule has 1 unspecified atom stereocenters. The van der Waals surface area contributed by atoms with Crippen molar-refractivity contribution in [2.24, 2.45) is 0 Å². The summed E-state index contributed by atoms with van der Waals surface area (Å²) >= 11 is 12.2. The lowest BCUT2D eigenvalue weighted by Gasteiger charge is -2.31. The molecule has 4 nitrogen and oxygen atoms in total. The molecule has 1 atom stereocenters. The lowest BCUT2D eigenvalue weighted by atomic mass is 10.0. The summed E-state index contributed by atoms with van der Waals surface area (Å²) in [5.74, 6) is -0.174. The molecule has 0 aromatic heterocycles. The molecule has 0 saturated heterocycles. The number of nitrogens with zero attached hydrogens (tertiary/aromatic N) is 1. The summed E-state index contributed by atoms with van der Waals surface area (Å²) in [6.07, 6.45) is 3.45. The summed E-state index contributed by atoms with van der Waals surface area (Å²) in [6.45, 7) is 4.94. The minimum Gasteiger partial charge on any atom is -0.354 e. The van der Waals surface area contributed by atoms with E-state index in [1.54, 1.807) is 17.0 Å². The van der Waals surface area contributed by atoms with Crippen LogP contribution in [0.3, 0.4) is 0 Å². The van der Waals surface area contributed by atoms with Crippen molar-refractivity contribution in [1.82, 2.24) is 10.2 Å². The van der Waals surface area contributed by atoms with Gasteiger partial charge in [0.15, 0.2) is 0 Å². The van der Waals surface area contributed by atoms with Crippen LogP contribution in [0.5, 0.6) is 0 Å². The quantitative estimate of drug-likeness (QED) is 0.451. The van der Waals surface area contributed by atoms with Crippen molar-refractivity contribution in [3.63, 3.8) is 0 Å². The average Bonchev–Trinajstić information content (AvgIpc) is 2.74. The zero-order chi connectivity index (χ0) is 21.9. The molecule has 2 aromatic carbocycles. The Morgan fingerprint density at radius 2 is 1.70 bits per heavy atom. The maximum atomic E-state index is 13.1. The molecular weight excluding hydrogens is 419 g/mol. The van der Waals surface area contributed by atoms with Crippen molar-refractivity contribution in [3.8, 4) is 0 Å². The first kappa shape index (κ1) is 24.2. The van der Waals surface area contributed by atoms with Crippen LogP contribution in [0.2, 0.25) is 10.0 Å². The second-order valence-electron chi connectivity index (χ2n) is 7.37. The lowest BCUT2D eigenvalue weighted by Crippen LogP contribution is -2.50. The topological polar surface area (TPSA) is 49.4 Å². The van der Waals surface area contributed by atoms with Crippen molar-refractivity contribution < 1.29 is 9.59 Å². The number of benzene rings is 2. The number of unbranched alkanes of at least 4 members (excludes halogenated alkanes) is 1. The second-order valence-corrected chi connectivity index (χ2v) is 8.18. The van der Waals surface area contributed by atoms with Gasteiger partial charge < -0.3 is 10.2 Å². The molecule has 0 spiro atoms. The first-order chi connectivity index (χ1) is 14.5. The predicted molar refractivity (Wildman–Crippen MR) is 124 cm³/mol. The Morgan fingerprint density at radius 3 is 2.33 bits per heavy atom. The standard InChI is InChI=1S/C24H30Cl2N2O2/c1-3-5-14-27-24(30)22(16-18-10-7-6-8-11-18)28(23(29)9-4-2)17-19-12-13-20(25)21(26)15-19/h6-8,10-13,15,22H,3-5,9,14,16-17H2,1-2H3,(H,27,30). The third-order valence-electron chi connectivity index (χ3n) is 4.90. The summed E-state index contributed by atoms with van der Waals surface area (Å²) in [4.78, 5) is 27.9. The molecule has 30 heavy (non-hydrogen) atoms. The molecule has 0 aliphatic heterocycles. The molecule has 0 heterocycles. The third-order valence-corrected chi connectivity index (χ3v) is 5.64. The fourth-order valence-corrected chi connectivity index (χ4v) is 3.57. The van der Waals surface area contributed by atoms with Crippen LogP contribution in [-0.4, -0.2) is 29.3 Å². The van der Waals surface area contributed by atoms with Gasteiger partial charge in [-0.15, -0.1) is 0 Å². The smallest absolute Gasteiger partial charge is 0.243 e. The van der Waals surface area contributed by atoms with Crippen molar-refractivity contribution in [2.75, 3.05) is 6.54 Å². The van der Waals surface area contributed by atoms with E-state index in [1.807, 2.05) is 43.3 Å². The van der Waals surface area contributed by atoms with Crippen LogP contribution in [0, 0.1) is 0 Å². The highest BCUT2D eigenvalue weighted by atomic mass is 35.5. The molecular formula is C24H30Cl2N2O2. The summed E-state index contributed by atoms with van der Waals surface area (Å²) < 4.78 is 0. The number of hydrogen-bond acceptors (Lipinski definition) is 2. The number of hydrogen-bond donors (Lipinski definition) is 1. The number of halogens is 2. The number of carbonyl (C=O) groups excluding carboxylic acids is 2. The highest BCUT2D eigenvalue weighted by Crippen LogP contribution is 2.24. The van der Waals surface area contributed by atoms with E-state index in [0.717, 1.165) is 24.0 Å². The maximum absolute atomic E-state index is 13.1. The highest BCUT2D eigenvalue weighted by Gasteiger charge is 2.29. The van der Waals surface area contributed by atoms with Crippen LogP contribution in [0.15, 0.2) is 48.5 Å². The number of amides is 2. The van der Waals surface area contributed by atoms with Gasteiger partial charge in [-0.3, -0.25) is 9.59 Å². The summed E-state index contributed by atoms with van der Waals surface area (Å²) in [7, 11) is 0.